The van der Waals surface area contributed by atoms with Crippen molar-refractivity contribution in [3.05, 3.63) is 46.0 Å². The Labute approximate surface area is 148 Å². The van der Waals surface area contributed by atoms with Gasteiger partial charge < -0.3 is 10.3 Å². The second-order valence-corrected chi connectivity index (χ2v) is 6.33. The molecule has 2 aromatic heterocycles. The number of nitrogens with zero attached hydrogens (tertiary/aromatic N) is 2. The third-order valence-electron chi connectivity index (χ3n) is 4.12. The van der Waals surface area contributed by atoms with Gasteiger partial charge in [0.25, 0.3) is 5.56 Å². The number of pyridine rings is 1. The molecule has 0 saturated heterocycles. The summed E-state index contributed by atoms with van der Waals surface area (Å²) >= 11 is 0. The predicted octanol–water partition coefficient (Wildman–Crippen LogP) is 2.77. The second-order valence-electron chi connectivity index (χ2n) is 6.33. The zero-order chi connectivity index (χ0) is 18.2. The van der Waals surface area contributed by atoms with Crippen molar-refractivity contribution in [2.45, 2.75) is 58.9 Å². The smallest absolute Gasteiger partial charge is 0.255 e. The number of aromatic amines is 1. The minimum absolute atomic E-state index is 0.0365. The molecule has 0 saturated carbocycles. The summed E-state index contributed by atoms with van der Waals surface area (Å²) in [6.07, 6.45) is 6.05. The van der Waals surface area contributed by atoms with Crippen molar-refractivity contribution in [2.24, 2.45) is 0 Å². The van der Waals surface area contributed by atoms with Crippen LogP contribution in [0, 0.1) is 6.92 Å². The van der Waals surface area contributed by atoms with Gasteiger partial charge in [-0.2, -0.15) is 0 Å². The molecule has 0 fully saturated rings. The first-order valence-corrected chi connectivity index (χ1v) is 8.81. The van der Waals surface area contributed by atoms with Gasteiger partial charge in [-0.25, -0.2) is 4.98 Å². The fourth-order valence-electron chi connectivity index (χ4n) is 2.70. The zero-order valence-corrected chi connectivity index (χ0v) is 15.1. The molecule has 6 heteroatoms. The molecule has 0 bridgehead atoms. The number of carbonyl (C=O) groups is 1. The van der Waals surface area contributed by atoms with Gasteiger partial charge in [0, 0.05) is 23.5 Å². The van der Waals surface area contributed by atoms with Crippen molar-refractivity contribution in [2.75, 3.05) is 0 Å². The molecular formula is C19H26N4O2. The summed E-state index contributed by atoms with van der Waals surface area (Å²) in [6.45, 7) is 5.89. The van der Waals surface area contributed by atoms with Gasteiger partial charge >= 0.3 is 0 Å². The summed E-state index contributed by atoms with van der Waals surface area (Å²) in [5, 5.41) is 2.96. The number of H-pyrrole nitrogens is 1. The quantitative estimate of drug-likeness (QED) is 0.722. The zero-order valence-electron chi connectivity index (χ0n) is 15.1. The van der Waals surface area contributed by atoms with Crippen molar-refractivity contribution in [3.63, 3.8) is 0 Å². The average Bonchev–Trinajstić information content (AvgIpc) is 2.59. The molecule has 0 aliphatic heterocycles. The molecule has 2 N–H and O–H groups in total. The van der Waals surface area contributed by atoms with Crippen molar-refractivity contribution in [1.82, 2.24) is 20.3 Å². The Hall–Kier alpha value is -2.50. The van der Waals surface area contributed by atoms with Crippen molar-refractivity contribution >= 4 is 5.91 Å². The Morgan fingerprint density at radius 3 is 2.76 bits per heavy atom. The van der Waals surface area contributed by atoms with Crippen LogP contribution in [-0.2, 0) is 11.2 Å². The number of unbranched alkanes of at least 4 members (excludes halogenated alkanes) is 2. The van der Waals surface area contributed by atoms with Crippen LogP contribution < -0.4 is 10.9 Å². The van der Waals surface area contributed by atoms with E-state index in [2.05, 4.69) is 27.2 Å². The van der Waals surface area contributed by atoms with Crippen LogP contribution in [0.5, 0.6) is 0 Å². The summed E-state index contributed by atoms with van der Waals surface area (Å²) in [5.74, 6) is 0.269. The van der Waals surface area contributed by atoms with E-state index < -0.39 is 0 Å². The van der Waals surface area contributed by atoms with Crippen LogP contribution in [0.15, 0.2) is 29.2 Å². The highest BCUT2D eigenvalue weighted by molar-refractivity contribution is 5.79. The topological polar surface area (TPSA) is 87.7 Å². The Kier molecular flexibility index (Phi) is 6.86. The maximum absolute atomic E-state index is 12.4. The Bertz CT molecular complexity index is 756. The van der Waals surface area contributed by atoms with Crippen molar-refractivity contribution in [3.8, 4) is 11.5 Å². The average molecular weight is 342 g/mol. The van der Waals surface area contributed by atoms with Gasteiger partial charge in [-0.3, -0.25) is 14.6 Å². The van der Waals surface area contributed by atoms with Gasteiger partial charge in [0.2, 0.25) is 5.91 Å². The second kappa shape index (κ2) is 9.11. The first kappa shape index (κ1) is 18.8. The molecule has 0 aromatic carbocycles. The monoisotopic (exact) mass is 342 g/mol. The van der Waals surface area contributed by atoms with Crippen LogP contribution in [0.1, 0.15) is 50.8 Å². The molecule has 2 heterocycles. The highest BCUT2D eigenvalue weighted by Gasteiger charge is 2.15. The fourth-order valence-corrected chi connectivity index (χ4v) is 2.70. The van der Waals surface area contributed by atoms with E-state index in [-0.39, 0.29) is 23.9 Å². The fraction of sp³-hybridized carbons (Fsp3) is 0.474. The van der Waals surface area contributed by atoms with Gasteiger partial charge in [-0.1, -0.05) is 32.3 Å². The lowest BCUT2D eigenvalue weighted by Crippen LogP contribution is -2.35. The first-order chi connectivity index (χ1) is 12.0. The van der Waals surface area contributed by atoms with Gasteiger partial charge in [-0.15, -0.1) is 0 Å². The van der Waals surface area contributed by atoms with E-state index in [0.717, 1.165) is 25.7 Å². The molecule has 0 aliphatic rings. The number of hydrogen-bond acceptors (Lipinski definition) is 4. The molecule has 25 heavy (non-hydrogen) atoms. The van der Waals surface area contributed by atoms with Crippen LogP contribution in [-0.4, -0.2) is 26.9 Å². The van der Waals surface area contributed by atoms with Crippen LogP contribution in [0.4, 0.5) is 0 Å². The number of aromatic nitrogens is 3. The standard InChI is InChI=1S/C19H26N4O2/c1-4-5-6-9-13(2)21-17(24)12-15-14(3)22-18(23-19(15)25)16-10-7-8-11-20-16/h7-8,10-11,13H,4-6,9,12H2,1-3H3,(H,21,24)(H,22,23,25)/t13-/m0/s1. The summed E-state index contributed by atoms with van der Waals surface area (Å²) < 4.78 is 0. The highest BCUT2D eigenvalue weighted by atomic mass is 16.2. The van der Waals surface area contributed by atoms with E-state index >= 15 is 0 Å². The third kappa shape index (κ3) is 5.52. The van der Waals surface area contributed by atoms with Gasteiger partial charge in [0.15, 0.2) is 5.82 Å². The SMILES string of the molecule is CCCCC[C@H](C)NC(=O)Cc1c(C)nc(-c2ccccn2)[nH]c1=O. The van der Waals surface area contributed by atoms with E-state index in [9.17, 15) is 9.59 Å². The minimum atomic E-state index is -0.290. The number of aryl methyl sites for hydroxylation is 1. The predicted molar refractivity (Wildman–Crippen MR) is 98.3 cm³/mol. The molecule has 1 amide bonds. The first-order valence-electron chi connectivity index (χ1n) is 8.81. The van der Waals surface area contributed by atoms with E-state index in [1.54, 1.807) is 25.3 Å². The number of hydrogen-bond donors (Lipinski definition) is 2. The molecule has 0 unspecified atom stereocenters. The molecule has 2 rings (SSSR count). The van der Waals surface area contributed by atoms with Crippen LogP contribution in [0.3, 0.4) is 0 Å². The van der Waals surface area contributed by atoms with Crippen LogP contribution in [0.2, 0.25) is 0 Å². The molecule has 1 atom stereocenters. The molecule has 0 spiro atoms. The van der Waals surface area contributed by atoms with Gasteiger partial charge in [-0.05, 0) is 32.4 Å². The third-order valence-corrected chi connectivity index (χ3v) is 4.12. The Morgan fingerprint density at radius 2 is 2.12 bits per heavy atom. The Balaban J connectivity index is 2.05. The molecule has 0 aliphatic carbocycles. The van der Waals surface area contributed by atoms with E-state index in [1.165, 1.54) is 0 Å². The number of carbonyl (C=O) groups excluding carboxylic acids is 1. The summed E-state index contributed by atoms with van der Waals surface area (Å²) in [6, 6.07) is 5.52. The maximum atomic E-state index is 12.4. The summed E-state index contributed by atoms with van der Waals surface area (Å²) in [4.78, 5) is 35.9. The number of amides is 1. The Morgan fingerprint density at radius 1 is 1.32 bits per heavy atom. The molecular weight excluding hydrogens is 316 g/mol. The van der Waals surface area contributed by atoms with Crippen molar-refractivity contribution in [1.29, 1.82) is 0 Å². The lowest BCUT2D eigenvalue weighted by Gasteiger charge is -2.14. The summed E-state index contributed by atoms with van der Waals surface area (Å²) in [7, 11) is 0. The molecule has 0 radical (unpaired) electrons. The van der Waals surface area contributed by atoms with Gasteiger partial charge in [0.05, 0.1) is 6.42 Å². The highest BCUT2D eigenvalue weighted by Crippen LogP contribution is 2.11. The lowest BCUT2D eigenvalue weighted by molar-refractivity contribution is -0.121. The van der Waals surface area contributed by atoms with E-state index in [1.807, 2.05) is 13.0 Å². The van der Waals surface area contributed by atoms with Crippen LogP contribution in [0.25, 0.3) is 11.5 Å². The van der Waals surface area contributed by atoms with E-state index in [0.29, 0.717) is 22.8 Å². The number of nitrogens with one attached hydrogen (secondary N) is 2. The number of rotatable bonds is 8. The maximum Gasteiger partial charge on any atom is 0.255 e. The largest absolute Gasteiger partial charge is 0.353 e. The molecule has 2 aromatic rings. The molecule has 134 valence electrons. The summed E-state index contributed by atoms with van der Waals surface area (Å²) in [5.41, 5.74) is 1.27. The van der Waals surface area contributed by atoms with Gasteiger partial charge in [0.1, 0.15) is 5.69 Å². The lowest BCUT2D eigenvalue weighted by atomic mass is 10.1. The molecule has 6 nitrogen and oxygen atoms in total. The van der Waals surface area contributed by atoms with Crippen LogP contribution >= 0.6 is 0 Å². The minimum Gasteiger partial charge on any atom is -0.353 e. The normalized spacial score (nSPS) is 12.0. The van der Waals surface area contributed by atoms with E-state index in [4.69, 9.17) is 0 Å². The van der Waals surface area contributed by atoms with Crippen molar-refractivity contribution < 1.29 is 4.79 Å².